The van der Waals surface area contributed by atoms with Gasteiger partial charge in [-0.3, -0.25) is 4.79 Å². The van der Waals surface area contributed by atoms with Gasteiger partial charge in [-0.15, -0.1) is 0 Å². The lowest BCUT2D eigenvalue weighted by molar-refractivity contribution is -0.127. The first-order valence-corrected chi connectivity index (χ1v) is 10.2. The maximum Gasteiger partial charge on any atom is 0.224 e. The number of nitrogens with one attached hydrogen (secondary N) is 1. The molecule has 5 rings (SSSR count). The maximum atomic E-state index is 13.0. The standard InChI is InChI=1S/C22H35NO/c1-13(2)6-18-19(21(18,4)5)20(24)23-14(3)22-10-15-7-16(11-22)9-17(8-15)12-22/h6,14-19H,7-12H2,1-5H3,(H,23,24)/t14-,15?,16?,17?,18-,19-,22?/m1/s1. The molecule has 134 valence electrons. The van der Waals surface area contributed by atoms with Crippen molar-refractivity contribution in [2.45, 2.75) is 79.2 Å². The lowest BCUT2D eigenvalue weighted by Gasteiger charge is -2.59. The second kappa shape index (κ2) is 5.35. The second-order valence-corrected chi connectivity index (χ2v) is 10.6. The van der Waals surface area contributed by atoms with Crippen LogP contribution >= 0.6 is 0 Å². The molecule has 0 saturated heterocycles. The number of allylic oxidation sites excluding steroid dienone is 2. The number of rotatable bonds is 4. The number of hydrogen-bond acceptors (Lipinski definition) is 1. The van der Waals surface area contributed by atoms with E-state index in [9.17, 15) is 4.79 Å². The molecule has 0 aromatic rings. The van der Waals surface area contributed by atoms with Crippen molar-refractivity contribution in [3.8, 4) is 0 Å². The maximum absolute atomic E-state index is 13.0. The van der Waals surface area contributed by atoms with Gasteiger partial charge >= 0.3 is 0 Å². The third-order valence-electron chi connectivity index (χ3n) is 8.07. The van der Waals surface area contributed by atoms with Crippen molar-refractivity contribution in [3.05, 3.63) is 11.6 Å². The van der Waals surface area contributed by atoms with Crippen LogP contribution in [-0.4, -0.2) is 11.9 Å². The summed E-state index contributed by atoms with van der Waals surface area (Å²) in [6.07, 6.45) is 10.8. The van der Waals surface area contributed by atoms with Gasteiger partial charge in [0.15, 0.2) is 0 Å². The van der Waals surface area contributed by atoms with E-state index in [4.69, 9.17) is 0 Å². The van der Waals surface area contributed by atoms with Crippen LogP contribution in [0.1, 0.15) is 73.1 Å². The molecule has 24 heavy (non-hydrogen) atoms. The molecule has 5 saturated carbocycles. The molecule has 0 aliphatic heterocycles. The fraction of sp³-hybridized carbons (Fsp3) is 0.864. The minimum absolute atomic E-state index is 0.128. The summed E-state index contributed by atoms with van der Waals surface area (Å²) in [6.45, 7) is 11.1. The minimum Gasteiger partial charge on any atom is -0.353 e. The van der Waals surface area contributed by atoms with E-state index in [1.165, 1.54) is 44.1 Å². The monoisotopic (exact) mass is 329 g/mol. The van der Waals surface area contributed by atoms with Gasteiger partial charge in [-0.2, -0.15) is 0 Å². The molecule has 2 nitrogen and oxygen atoms in total. The SMILES string of the molecule is CC(C)=C[C@@H]1[C@H](C(=O)N[C@H](C)C23CC4CC(CC(C4)C2)C3)C1(C)C. The fourth-order valence-electron chi connectivity index (χ4n) is 7.01. The molecule has 0 aromatic heterocycles. The topological polar surface area (TPSA) is 29.1 Å². The third kappa shape index (κ3) is 2.56. The molecule has 0 aromatic carbocycles. The smallest absolute Gasteiger partial charge is 0.224 e. The van der Waals surface area contributed by atoms with Crippen LogP contribution < -0.4 is 5.32 Å². The first-order chi connectivity index (χ1) is 11.2. The van der Waals surface area contributed by atoms with Gasteiger partial charge in [-0.25, -0.2) is 0 Å². The predicted molar refractivity (Wildman–Crippen MR) is 98.4 cm³/mol. The van der Waals surface area contributed by atoms with E-state index in [1.807, 2.05) is 0 Å². The Morgan fingerprint density at radius 3 is 2.00 bits per heavy atom. The van der Waals surface area contributed by atoms with E-state index in [1.54, 1.807) is 0 Å². The molecule has 1 N–H and O–H groups in total. The number of carbonyl (C=O) groups is 1. The Labute approximate surface area is 147 Å². The number of amides is 1. The molecule has 3 atom stereocenters. The summed E-state index contributed by atoms with van der Waals surface area (Å²) in [5.41, 5.74) is 1.87. The van der Waals surface area contributed by atoms with Crippen LogP contribution in [0.5, 0.6) is 0 Å². The van der Waals surface area contributed by atoms with Gasteiger partial charge in [0.1, 0.15) is 0 Å². The highest BCUT2D eigenvalue weighted by Crippen LogP contribution is 2.62. The van der Waals surface area contributed by atoms with Gasteiger partial charge in [0, 0.05) is 6.04 Å². The summed E-state index contributed by atoms with van der Waals surface area (Å²) in [5.74, 6) is 3.75. The van der Waals surface area contributed by atoms with Crippen LogP contribution in [0.25, 0.3) is 0 Å². The van der Waals surface area contributed by atoms with Crippen molar-refractivity contribution in [1.82, 2.24) is 5.32 Å². The van der Waals surface area contributed by atoms with Crippen LogP contribution in [0.3, 0.4) is 0 Å². The second-order valence-electron chi connectivity index (χ2n) is 10.6. The van der Waals surface area contributed by atoms with E-state index in [0.29, 0.717) is 23.3 Å². The Hall–Kier alpha value is -0.790. The van der Waals surface area contributed by atoms with Crippen LogP contribution in [0.15, 0.2) is 11.6 Å². The van der Waals surface area contributed by atoms with E-state index < -0.39 is 0 Å². The van der Waals surface area contributed by atoms with E-state index in [2.05, 4.69) is 46.0 Å². The fourth-order valence-corrected chi connectivity index (χ4v) is 7.01. The molecule has 4 bridgehead atoms. The molecule has 5 fully saturated rings. The van der Waals surface area contributed by atoms with Crippen molar-refractivity contribution in [2.24, 2.45) is 40.4 Å². The minimum atomic E-state index is 0.128. The highest BCUT2D eigenvalue weighted by Gasteiger charge is 2.61. The molecule has 0 unspecified atom stereocenters. The summed E-state index contributed by atoms with van der Waals surface area (Å²) >= 11 is 0. The van der Waals surface area contributed by atoms with E-state index in [-0.39, 0.29) is 11.3 Å². The molecular formula is C22H35NO. The van der Waals surface area contributed by atoms with Gasteiger partial charge in [-0.05, 0) is 93.8 Å². The lowest BCUT2D eigenvalue weighted by atomic mass is 9.48. The zero-order valence-electron chi connectivity index (χ0n) is 16.2. The molecule has 5 aliphatic rings. The van der Waals surface area contributed by atoms with Crippen LogP contribution in [0.2, 0.25) is 0 Å². The number of hydrogen-bond donors (Lipinski definition) is 1. The van der Waals surface area contributed by atoms with Crippen LogP contribution in [-0.2, 0) is 4.79 Å². The summed E-state index contributed by atoms with van der Waals surface area (Å²) in [6, 6.07) is 0.349. The first kappa shape index (κ1) is 16.7. The van der Waals surface area contributed by atoms with Gasteiger partial charge < -0.3 is 5.32 Å². The molecule has 1 amide bonds. The Morgan fingerprint density at radius 1 is 1.04 bits per heavy atom. The number of carbonyl (C=O) groups excluding carboxylic acids is 1. The van der Waals surface area contributed by atoms with Gasteiger partial charge in [0.05, 0.1) is 5.92 Å². The normalized spacial score (nSPS) is 45.6. The summed E-state index contributed by atoms with van der Waals surface area (Å²) in [5, 5.41) is 3.49. The zero-order valence-corrected chi connectivity index (χ0v) is 16.2. The molecule has 0 radical (unpaired) electrons. The molecular weight excluding hydrogens is 294 g/mol. The summed E-state index contributed by atoms with van der Waals surface area (Å²) in [7, 11) is 0. The van der Waals surface area contributed by atoms with Crippen molar-refractivity contribution in [3.63, 3.8) is 0 Å². The van der Waals surface area contributed by atoms with Crippen molar-refractivity contribution in [2.75, 3.05) is 0 Å². The van der Waals surface area contributed by atoms with E-state index in [0.717, 1.165) is 17.8 Å². The van der Waals surface area contributed by atoms with Crippen molar-refractivity contribution >= 4 is 5.91 Å². The van der Waals surface area contributed by atoms with Gasteiger partial charge in [0.2, 0.25) is 5.91 Å². The van der Waals surface area contributed by atoms with E-state index >= 15 is 0 Å². The highest BCUT2D eigenvalue weighted by atomic mass is 16.2. The van der Waals surface area contributed by atoms with Crippen molar-refractivity contribution in [1.29, 1.82) is 0 Å². The van der Waals surface area contributed by atoms with Gasteiger partial charge in [-0.1, -0.05) is 25.5 Å². The van der Waals surface area contributed by atoms with Crippen molar-refractivity contribution < 1.29 is 4.79 Å². The molecule has 0 spiro atoms. The van der Waals surface area contributed by atoms with Gasteiger partial charge in [0.25, 0.3) is 0 Å². The van der Waals surface area contributed by atoms with Crippen LogP contribution in [0, 0.1) is 40.4 Å². The molecule has 0 heterocycles. The Balaban J connectivity index is 1.44. The average molecular weight is 330 g/mol. The first-order valence-electron chi connectivity index (χ1n) is 10.2. The predicted octanol–water partition coefficient (Wildman–Crippen LogP) is 4.95. The molecule has 2 heteroatoms. The Bertz CT molecular complexity index is 533. The Kier molecular flexibility index (Phi) is 3.72. The summed E-state index contributed by atoms with van der Waals surface area (Å²) in [4.78, 5) is 13.0. The third-order valence-corrected chi connectivity index (χ3v) is 8.07. The zero-order chi connectivity index (χ0) is 17.3. The Morgan fingerprint density at radius 2 is 1.54 bits per heavy atom. The quantitative estimate of drug-likeness (QED) is 0.727. The highest BCUT2D eigenvalue weighted by molar-refractivity contribution is 5.84. The molecule has 5 aliphatic carbocycles. The van der Waals surface area contributed by atoms with Crippen LogP contribution in [0.4, 0.5) is 0 Å². The lowest BCUT2D eigenvalue weighted by Crippen LogP contribution is -2.56. The average Bonchev–Trinajstić information content (AvgIpc) is 2.97. The summed E-state index contributed by atoms with van der Waals surface area (Å²) < 4.78 is 0. The largest absolute Gasteiger partial charge is 0.353 e.